The van der Waals surface area contributed by atoms with E-state index in [-0.39, 0.29) is 11.7 Å². The van der Waals surface area contributed by atoms with Crippen molar-refractivity contribution in [3.8, 4) is 11.4 Å². The molecule has 0 radical (unpaired) electrons. The van der Waals surface area contributed by atoms with Gasteiger partial charge in [0.05, 0.1) is 5.75 Å². The van der Waals surface area contributed by atoms with Gasteiger partial charge in [-0.2, -0.15) is 0 Å². The second-order valence-electron chi connectivity index (χ2n) is 6.28. The first kappa shape index (κ1) is 17.6. The summed E-state index contributed by atoms with van der Waals surface area (Å²) in [5.41, 5.74) is 1.51. The van der Waals surface area contributed by atoms with Crippen molar-refractivity contribution in [2.45, 2.75) is 0 Å². The minimum atomic E-state index is -2.95. The van der Waals surface area contributed by atoms with Crippen molar-refractivity contribution in [2.75, 3.05) is 44.7 Å². The maximum atomic E-state index is 12.7. The van der Waals surface area contributed by atoms with Crippen LogP contribution >= 0.6 is 0 Å². The highest BCUT2D eigenvalue weighted by Gasteiger charge is 2.23. The summed E-state index contributed by atoms with van der Waals surface area (Å²) in [4.78, 5) is 23.9. The number of nitrogens with one attached hydrogen (secondary N) is 1. The summed E-state index contributed by atoms with van der Waals surface area (Å²) in [5.74, 6) is 0.892. The molecule has 2 heterocycles. The molecule has 1 aromatic heterocycles. The summed E-state index contributed by atoms with van der Waals surface area (Å²) in [5, 5.41) is 0. The van der Waals surface area contributed by atoms with E-state index in [0.717, 1.165) is 11.4 Å². The predicted octanol–water partition coefficient (Wildman–Crippen LogP) is 0.879. The Labute approximate surface area is 147 Å². The lowest BCUT2D eigenvalue weighted by Gasteiger charge is -2.34. The van der Waals surface area contributed by atoms with Gasteiger partial charge in [0.1, 0.15) is 15.7 Å². The number of carbonyl (C=O) groups excluding carboxylic acids is 1. The van der Waals surface area contributed by atoms with Crippen LogP contribution < -0.4 is 0 Å². The zero-order chi connectivity index (χ0) is 17.9. The van der Waals surface area contributed by atoms with E-state index in [2.05, 4.69) is 14.9 Å². The van der Waals surface area contributed by atoms with Crippen molar-refractivity contribution >= 4 is 15.7 Å². The molecule has 8 heteroatoms. The maximum Gasteiger partial charge on any atom is 0.253 e. The lowest BCUT2D eigenvalue weighted by atomic mass is 10.1. The number of imidazole rings is 1. The molecule has 1 aliphatic rings. The maximum absolute atomic E-state index is 12.7. The molecule has 1 aromatic carbocycles. The summed E-state index contributed by atoms with van der Waals surface area (Å²) < 4.78 is 22.5. The van der Waals surface area contributed by atoms with Crippen LogP contribution in [0.5, 0.6) is 0 Å². The van der Waals surface area contributed by atoms with Crippen LogP contribution in [0.25, 0.3) is 11.4 Å². The number of aromatic amines is 1. The van der Waals surface area contributed by atoms with Gasteiger partial charge < -0.3 is 9.88 Å². The van der Waals surface area contributed by atoms with Crippen LogP contribution in [0.1, 0.15) is 10.4 Å². The van der Waals surface area contributed by atoms with Crippen LogP contribution in [0.3, 0.4) is 0 Å². The fraction of sp³-hybridized carbons (Fsp3) is 0.412. The number of H-pyrrole nitrogens is 1. The monoisotopic (exact) mass is 362 g/mol. The van der Waals surface area contributed by atoms with Crippen molar-refractivity contribution in [2.24, 2.45) is 0 Å². The predicted molar refractivity (Wildman–Crippen MR) is 96.1 cm³/mol. The number of nitrogens with zero attached hydrogens (tertiary/aromatic N) is 3. The number of piperazine rings is 1. The number of aromatic nitrogens is 2. The SMILES string of the molecule is CS(=O)(=O)CCN1CCN(C(=O)c2cccc(-c3ncc[nH]3)c2)CC1. The Morgan fingerprint density at radius 2 is 2.00 bits per heavy atom. The highest BCUT2D eigenvalue weighted by molar-refractivity contribution is 7.90. The molecule has 1 aliphatic heterocycles. The van der Waals surface area contributed by atoms with E-state index in [0.29, 0.717) is 38.3 Å². The zero-order valence-corrected chi connectivity index (χ0v) is 15.0. The Kier molecular flexibility index (Phi) is 5.19. The molecule has 1 fully saturated rings. The molecule has 3 rings (SSSR count). The highest BCUT2D eigenvalue weighted by Crippen LogP contribution is 2.18. The van der Waals surface area contributed by atoms with E-state index in [1.807, 2.05) is 29.2 Å². The van der Waals surface area contributed by atoms with Crippen molar-refractivity contribution < 1.29 is 13.2 Å². The summed E-state index contributed by atoms with van der Waals surface area (Å²) in [7, 11) is -2.95. The largest absolute Gasteiger partial charge is 0.345 e. The Morgan fingerprint density at radius 1 is 1.24 bits per heavy atom. The zero-order valence-electron chi connectivity index (χ0n) is 14.2. The van der Waals surface area contributed by atoms with E-state index < -0.39 is 9.84 Å². The first-order valence-corrected chi connectivity index (χ1v) is 10.3. The van der Waals surface area contributed by atoms with E-state index in [4.69, 9.17) is 0 Å². The summed E-state index contributed by atoms with van der Waals surface area (Å²) in [6.07, 6.45) is 4.68. The normalized spacial score (nSPS) is 16.1. The van der Waals surface area contributed by atoms with Crippen LogP contribution in [0.4, 0.5) is 0 Å². The third kappa shape index (κ3) is 4.67. The van der Waals surface area contributed by atoms with E-state index >= 15 is 0 Å². The number of carbonyl (C=O) groups is 1. The molecule has 0 atom stereocenters. The summed E-state index contributed by atoms with van der Waals surface area (Å²) in [6, 6.07) is 7.42. The number of amides is 1. The molecule has 1 saturated heterocycles. The Morgan fingerprint density at radius 3 is 2.64 bits per heavy atom. The third-order valence-electron chi connectivity index (χ3n) is 4.32. The van der Waals surface area contributed by atoms with Crippen LogP contribution in [-0.4, -0.2) is 78.8 Å². The highest BCUT2D eigenvalue weighted by atomic mass is 32.2. The first-order valence-electron chi connectivity index (χ1n) is 8.21. The van der Waals surface area contributed by atoms with Gasteiger partial charge in [-0.3, -0.25) is 9.69 Å². The Hall–Kier alpha value is -2.19. The molecule has 0 bridgehead atoms. The van der Waals surface area contributed by atoms with Gasteiger partial charge >= 0.3 is 0 Å². The molecule has 2 aromatic rings. The molecule has 7 nitrogen and oxygen atoms in total. The minimum absolute atomic E-state index is 0.00355. The molecular weight excluding hydrogens is 340 g/mol. The average molecular weight is 362 g/mol. The smallest absolute Gasteiger partial charge is 0.253 e. The van der Waals surface area contributed by atoms with E-state index in [1.54, 1.807) is 12.4 Å². The van der Waals surface area contributed by atoms with Gasteiger partial charge in [0.2, 0.25) is 0 Å². The van der Waals surface area contributed by atoms with Crippen molar-refractivity contribution in [3.05, 3.63) is 42.2 Å². The third-order valence-corrected chi connectivity index (χ3v) is 5.24. The summed E-state index contributed by atoms with van der Waals surface area (Å²) in [6.45, 7) is 3.12. The standard InChI is InChI=1S/C17H22N4O3S/c1-25(23,24)12-11-20-7-9-21(10-8-20)17(22)15-4-2-3-14(13-15)16-18-5-6-19-16/h2-6,13H,7-12H2,1H3,(H,18,19). The number of rotatable bonds is 5. The van der Waals surface area contributed by atoms with Crippen molar-refractivity contribution in [1.29, 1.82) is 0 Å². The topological polar surface area (TPSA) is 86.4 Å². The van der Waals surface area contributed by atoms with Crippen molar-refractivity contribution in [3.63, 3.8) is 0 Å². The fourth-order valence-corrected chi connectivity index (χ4v) is 3.46. The quantitative estimate of drug-likeness (QED) is 0.853. The molecule has 0 unspecified atom stereocenters. The molecular formula is C17H22N4O3S. The molecule has 0 aliphatic carbocycles. The van der Waals surface area contributed by atoms with Crippen LogP contribution in [-0.2, 0) is 9.84 Å². The number of sulfone groups is 1. The second kappa shape index (κ2) is 7.37. The lowest BCUT2D eigenvalue weighted by Crippen LogP contribution is -2.49. The number of hydrogen-bond donors (Lipinski definition) is 1. The first-order chi connectivity index (χ1) is 11.9. The lowest BCUT2D eigenvalue weighted by molar-refractivity contribution is 0.0644. The van der Waals surface area contributed by atoms with Gasteiger partial charge in [-0.25, -0.2) is 13.4 Å². The van der Waals surface area contributed by atoms with Gasteiger partial charge in [-0.05, 0) is 12.1 Å². The second-order valence-corrected chi connectivity index (χ2v) is 8.54. The molecule has 1 N–H and O–H groups in total. The van der Waals surface area contributed by atoms with Gasteiger partial charge in [0.25, 0.3) is 5.91 Å². The summed E-state index contributed by atoms with van der Waals surface area (Å²) >= 11 is 0. The van der Waals surface area contributed by atoms with Gasteiger partial charge in [0, 0.05) is 62.5 Å². The number of benzene rings is 1. The molecule has 25 heavy (non-hydrogen) atoms. The number of hydrogen-bond acceptors (Lipinski definition) is 5. The van der Waals surface area contributed by atoms with E-state index in [1.165, 1.54) is 6.26 Å². The molecule has 0 spiro atoms. The average Bonchev–Trinajstić information content (AvgIpc) is 3.14. The Balaban J connectivity index is 1.60. The van der Waals surface area contributed by atoms with Gasteiger partial charge in [-0.15, -0.1) is 0 Å². The van der Waals surface area contributed by atoms with Crippen molar-refractivity contribution in [1.82, 2.24) is 19.8 Å². The molecule has 134 valence electrons. The Bertz CT molecular complexity index is 825. The van der Waals surface area contributed by atoms with Gasteiger partial charge in [0.15, 0.2) is 0 Å². The van der Waals surface area contributed by atoms with Gasteiger partial charge in [-0.1, -0.05) is 12.1 Å². The van der Waals surface area contributed by atoms with Crippen LogP contribution in [0.15, 0.2) is 36.7 Å². The van der Waals surface area contributed by atoms with Crippen LogP contribution in [0.2, 0.25) is 0 Å². The molecule has 1 amide bonds. The van der Waals surface area contributed by atoms with Crippen LogP contribution in [0, 0.1) is 0 Å². The molecule has 0 saturated carbocycles. The minimum Gasteiger partial charge on any atom is -0.345 e. The van der Waals surface area contributed by atoms with E-state index in [9.17, 15) is 13.2 Å². The fourth-order valence-electron chi connectivity index (χ4n) is 2.87.